The standard InChI is InChI=1S/C15H20N2O4S/c1-10(2)7-13(15(18)21-4)17-22(19,20)14-6-5-12(9-16)8-11(14)3/h5-6,8,10,13,17H,7H2,1-4H3. The van der Waals surface area contributed by atoms with Gasteiger partial charge in [-0.1, -0.05) is 13.8 Å². The number of methoxy groups -OCH3 is 1. The average Bonchev–Trinajstić information content (AvgIpc) is 2.44. The van der Waals surface area contributed by atoms with E-state index < -0.39 is 22.0 Å². The van der Waals surface area contributed by atoms with Crippen molar-refractivity contribution in [2.45, 2.75) is 38.1 Å². The van der Waals surface area contributed by atoms with Crippen LogP contribution in [0.2, 0.25) is 0 Å². The number of esters is 1. The summed E-state index contributed by atoms with van der Waals surface area (Å²) < 4.78 is 32.0. The van der Waals surface area contributed by atoms with E-state index in [0.29, 0.717) is 17.5 Å². The van der Waals surface area contributed by atoms with Gasteiger partial charge in [0.1, 0.15) is 6.04 Å². The minimum Gasteiger partial charge on any atom is -0.468 e. The van der Waals surface area contributed by atoms with Gasteiger partial charge in [0.25, 0.3) is 0 Å². The van der Waals surface area contributed by atoms with Crippen LogP contribution in [0.15, 0.2) is 23.1 Å². The molecular weight excluding hydrogens is 304 g/mol. The van der Waals surface area contributed by atoms with Gasteiger partial charge in [0.05, 0.1) is 23.6 Å². The van der Waals surface area contributed by atoms with Crippen molar-refractivity contribution in [1.29, 1.82) is 5.26 Å². The lowest BCUT2D eigenvalue weighted by Gasteiger charge is -2.19. The molecule has 1 unspecified atom stereocenters. The number of hydrogen-bond donors (Lipinski definition) is 1. The van der Waals surface area contributed by atoms with Crippen molar-refractivity contribution in [3.8, 4) is 6.07 Å². The number of rotatable bonds is 6. The molecule has 0 fully saturated rings. The van der Waals surface area contributed by atoms with Gasteiger partial charge in [-0.15, -0.1) is 0 Å². The number of sulfonamides is 1. The summed E-state index contributed by atoms with van der Waals surface area (Å²) in [4.78, 5) is 11.8. The van der Waals surface area contributed by atoms with E-state index in [2.05, 4.69) is 9.46 Å². The Hall–Kier alpha value is -1.91. The third kappa shape index (κ3) is 4.55. The largest absolute Gasteiger partial charge is 0.468 e. The first-order valence-electron chi connectivity index (χ1n) is 6.82. The zero-order valence-corrected chi connectivity index (χ0v) is 13.9. The number of nitrogens with one attached hydrogen (secondary N) is 1. The van der Waals surface area contributed by atoms with Gasteiger partial charge in [-0.3, -0.25) is 4.79 Å². The van der Waals surface area contributed by atoms with E-state index in [9.17, 15) is 13.2 Å². The molecule has 0 radical (unpaired) electrons. The van der Waals surface area contributed by atoms with Crippen molar-refractivity contribution in [3.05, 3.63) is 29.3 Å². The molecule has 0 aliphatic carbocycles. The van der Waals surface area contributed by atoms with Gasteiger partial charge in [0, 0.05) is 0 Å². The summed E-state index contributed by atoms with van der Waals surface area (Å²) in [6.07, 6.45) is 0.335. The molecule has 120 valence electrons. The number of benzene rings is 1. The number of nitrogens with zero attached hydrogens (tertiary/aromatic N) is 1. The molecule has 1 aromatic carbocycles. The van der Waals surface area contributed by atoms with Crippen LogP contribution in [0.5, 0.6) is 0 Å². The first-order chi connectivity index (χ1) is 10.2. The van der Waals surface area contributed by atoms with E-state index >= 15 is 0 Å². The van der Waals surface area contributed by atoms with E-state index in [1.807, 2.05) is 19.9 Å². The molecular formula is C15H20N2O4S. The molecule has 0 amide bonds. The normalized spacial score (nSPS) is 12.7. The second kappa shape index (κ2) is 7.38. The van der Waals surface area contributed by atoms with Gasteiger partial charge >= 0.3 is 5.97 Å². The first-order valence-corrected chi connectivity index (χ1v) is 8.30. The predicted molar refractivity (Wildman–Crippen MR) is 81.5 cm³/mol. The summed E-state index contributed by atoms with van der Waals surface area (Å²) in [5, 5.41) is 8.83. The average molecular weight is 324 g/mol. The van der Waals surface area contributed by atoms with Crippen LogP contribution in [-0.2, 0) is 19.6 Å². The predicted octanol–water partition coefficient (Wildman–Crippen LogP) is 1.73. The van der Waals surface area contributed by atoms with Crippen LogP contribution in [-0.4, -0.2) is 27.5 Å². The van der Waals surface area contributed by atoms with Crippen molar-refractivity contribution < 1.29 is 17.9 Å². The second-order valence-corrected chi connectivity index (χ2v) is 7.10. The number of aryl methyl sites for hydroxylation is 1. The molecule has 0 aliphatic heterocycles. The fourth-order valence-electron chi connectivity index (χ4n) is 2.08. The molecule has 1 N–H and O–H groups in total. The van der Waals surface area contributed by atoms with Gasteiger partial charge in [-0.2, -0.15) is 9.98 Å². The Balaban J connectivity index is 3.12. The fraction of sp³-hybridized carbons (Fsp3) is 0.467. The number of hydrogen-bond acceptors (Lipinski definition) is 5. The van der Waals surface area contributed by atoms with E-state index in [4.69, 9.17) is 5.26 Å². The summed E-state index contributed by atoms with van der Waals surface area (Å²) in [6, 6.07) is 5.29. The molecule has 1 aromatic rings. The maximum absolute atomic E-state index is 12.5. The quantitative estimate of drug-likeness (QED) is 0.804. The zero-order chi connectivity index (χ0) is 16.9. The van der Waals surface area contributed by atoms with Gasteiger partial charge in [-0.05, 0) is 43.0 Å². The highest BCUT2D eigenvalue weighted by molar-refractivity contribution is 7.89. The minimum atomic E-state index is -3.88. The molecule has 0 aromatic heterocycles. The maximum atomic E-state index is 12.5. The number of nitriles is 1. The van der Waals surface area contributed by atoms with Gasteiger partial charge in [0.2, 0.25) is 10.0 Å². The number of carbonyl (C=O) groups excluding carboxylic acids is 1. The maximum Gasteiger partial charge on any atom is 0.323 e. The molecule has 7 heteroatoms. The van der Waals surface area contributed by atoms with Crippen molar-refractivity contribution in [2.24, 2.45) is 5.92 Å². The van der Waals surface area contributed by atoms with E-state index in [1.54, 1.807) is 6.92 Å². The zero-order valence-electron chi connectivity index (χ0n) is 13.1. The fourth-order valence-corrected chi connectivity index (χ4v) is 3.50. The molecule has 0 aliphatic rings. The van der Waals surface area contributed by atoms with Crippen LogP contribution in [0, 0.1) is 24.2 Å². The summed E-state index contributed by atoms with van der Waals surface area (Å²) >= 11 is 0. The van der Waals surface area contributed by atoms with Crippen LogP contribution in [0.1, 0.15) is 31.4 Å². The smallest absolute Gasteiger partial charge is 0.323 e. The lowest BCUT2D eigenvalue weighted by molar-refractivity contribution is -0.143. The Bertz CT molecular complexity index is 690. The van der Waals surface area contributed by atoms with Crippen LogP contribution >= 0.6 is 0 Å². The molecule has 0 heterocycles. The molecule has 0 bridgehead atoms. The van der Waals surface area contributed by atoms with E-state index in [1.165, 1.54) is 25.3 Å². The van der Waals surface area contributed by atoms with Crippen LogP contribution in [0.25, 0.3) is 0 Å². The molecule has 0 saturated carbocycles. The highest BCUT2D eigenvalue weighted by Crippen LogP contribution is 2.18. The summed E-state index contributed by atoms with van der Waals surface area (Å²) in [6.45, 7) is 5.37. The lowest BCUT2D eigenvalue weighted by Crippen LogP contribution is -2.42. The Morgan fingerprint density at radius 1 is 1.41 bits per heavy atom. The third-order valence-corrected chi connectivity index (χ3v) is 4.72. The summed E-state index contributed by atoms with van der Waals surface area (Å²) in [7, 11) is -2.66. The Kier molecular flexibility index (Phi) is 6.09. The van der Waals surface area contributed by atoms with Gasteiger partial charge < -0.3 is 4.74 Å². The van der Waals surface area contributed by atoms with E-state index in [0.717, 1.165) is 0 Å². The molecule has 0 spiro atoms. The Morgan fingerprint density at radius 2 is 2.05 bits per heavy atom. The Labute approximate surface area is 131 Å². The van der Waals surface area contributed by atoms with Gasteiger partial charge in [-0.25, -0.2) is 8.42 Å². The third-order valence-electron chi connectivity index (χ3n) is 3.08. The molecule has 6 nitrogen and oxygen atoms in total. The van der Waals surface area contributed by atoms with Crippen molar-refractivity contribution in [1.82, 2.24) is 4.72 Å². The highest BCUT2D eigenvalue weighted by Gasteiger charge is 2.28. The number of carbonyl (C=O) groups is 1. The van der Waals surface area contributed by atoms with E-state index in [-0.39, 0.29) is 10.8 Å². The van der Waals surface area contributed by atoms with Crippen LogP contribution in [0.4, 0.5) is 0 Å². The van der Waals surface area contributed by atoms with Crippen LogP contribution < -0.4 is 4.72 Å². The van der Waals surface area contributed by atoms with Crippen molar-refractivity contribution >= 4 is 16.0 Å². The highest BCUT2D eigenvalue weighted by atomic mass is 32.2. The molecule has 0 saturated heterocycles. The monoisotopic (exact) mass is 324 g/mol. The Morgan fingerprint density at radius 3 is 2.50 bits per heavy atom. The van der Waals surface area contributed by atoms with Crippen molar-refractivity contribution in [2.75, 3.05) is 7.11 Å². The lowest BCUT2D eigenvalue weighted by atomic mass is 10.1. The van der Waals surface area contributed by atoms with Crippen molar-refractivity contribution in [3.63, 3.8) is 0 Å². The van der Waals surface area contributed by atoms with Gasteiger partial charge in [0.15, 0.2) is 0 Å². The summed E-state index contributed by atoms with van der Waals surface area (Å²) in [5.41, 5.74) is 0.822. The SMILES string of the molecule is COC(=O)C(CC(C)C)NS(=O)(=O)c1ccc(C#N)cc1C. The summed E-state index contributed by atoms with van der Waals surface area (Å²) in [5.74, 6) is -0.502. The molecule has 1 atom stereocenters. The minimum absolute atomic E-state index is 0.0455. The topological polar surface area (TPSA) is 96.3 Å². The molecule has 22 heavy (non-hydrogen) atoms. The number of ether oxygens (including phenoxy) is 1. The van der Waals surface area contributed by atoms with Crippen LogP contribution in [0.3, 0.4) is 0 Å². The second-order valence-electron chi connectivity index (χ2n) is 5.42. The molecule has 1 rings (SSSR count). The first kappa shape index (κ1) is 18.1.